The predicted octanol–water partition coefficient (Wildman–Crippen LogP) is 0.551. The molecule has 1 aromatic carbocycles. The number of rotatable bonds is 3. The second kappa shape index (κ2) is 5.03. The summed E-state index contributed by atoms with van der Waals surface area (Å²) in [6, 6.07) is 6.16. The smallest absolute Gasteiger partial charge is 0.278 e. The van der Waals surface area contributed by atoms with Crippen molar-refractivity contribution in [1.29, 1.82) is 0 Å². The highest BCUT2D eigenvalue weighted by atomic mass is 16.6. The average Bonchev–Trinajstić information content (AvgIpc) is 2.99. The van der Waals surface area contributed by atoms with Gasteiger partial charge in [-0.2, -0.15) is 0 Å². The highest BCUT2D eigenvalue weighted by Crippen LogP contribution is 2.40. The molecule has 0 spiro atoms. The molecule has 8 nitrogen and oxygen atoms in total. The highest BCUT2D eigenvalue weighted by Gasteiger charge is 2.52. The van der Waals surface area contributed by atoms with E-state index in [1.54, 1.807) is 24.4 Å². The van der Waals surface area contributed by atoms with Crippen molar-refractivity contribution in [3.63, 3.8) is 0 Å². The fourth-order valence-corrected chi connectivity index (χ4v) is 2.93. The summed E-state index contributed by atoms with van der Waals surface area (Å²) < 4.78 is 7.06. The molecule has 1 aliphatic heterocycles. The maximum absolute atomic E-state index is 11.1. The number of ether oxygens (including phenoxy) is 1. The molecule has 0 radical (unpaired) electrons. The van der Waals surface area contributed by atoms with E-state index in [1.807, 2.05) is 0 Å². The van der Waals surface area contributed by atoms with Gasteiger partial charge < -0.3 is 24.6 Å². The maximum atomic E-state index is 11.1. The van der Waals surface area contributed by atoms with E-state index in [1.165, 1.54) is 17.6 Å². The minimum Gasteiger partial charge on any atom is -0.394 e. The third kappa shape index (κ3) is 2.00. The molecule has 0 saturated carbocycles. The number of hydrogen-bond acceptors (Lipinski definition) is 6. The minimum atomic E-state index is -1.63. The van der Waals surface area contributed by atoms with E-state index >= 15 is 0 Å². The lowest BCUT2D eigenvalue weighted by atomic mass is 9.96. The van der Waals surface area contributed by atoms with Gasteiger partial charge in [-0.1, -0.05) is 6.07 Å². The topological polar surface area (TPSA) is 118 Å². The van der Waals surface area contributed by atoms with Crippen LogP contribution in [-0.4, -0.2) is 49.2 Å². The molecule has 3 N–H and O–H groups in total. The summed E-state index contributed by atoms with van der Waals surface area (Å²) in [5.74, 6) is 0. The van der Waals surface area contributed by atoms with Crippen molar-refractivity contribution in [2.75, 3.05) is 6.61 Å². The van der Waals surface area contributed by atoms with Crippen LogP contribution in [0.3, 0.4) is 0 Å². The molecule has 1 aromatic heterocycles. The fourth-order valence-electron chi connectivity index (χ4n) is 2.93. The van der Waals surface area contributed by atoms with Crippen molar-refractivity contribution in [2.45, 2.75) is 31.0 Å². The average molecular weight is 308 g/mol. The van der Waals surface area contributed by atoms with Gasteiger partial charge in [-0.3, -0.25) is 10.1 Å². The molecule has 4 atom stereocenters. The first-order valence-corrected chi connectivity index (χ1v) is 6.78. The van der Waals surface area contributed by atoms with Crippen molar-refractivity contribution in [1.82, 2.24) is 4.57 Å². The summed E-state index contributed by atoms with van der Waals surface area (Å²) in [6.45, 7) is 0.967. The van der Waals surface area contributed by atoms with Crippen LogP contribution < -0.4 is 0 Å². The van der Waals surface area contributed by atoms with Crippen molar-refractivity contribution < 1.29 is 25.0 Å². The van der Waals surface area contributed by atoms with Crippen LogP contribution in [0, 0.1) is 10.1 Å². The molecule has 0 aliphatic carbocycles. The fraction of sp³-hybridized carbons (Fsp3) is 0.429. The van der Waals surface area contributed by atoms with Gasteiger partial charge in [0.05, 0.1) is 22.4 Å². The Balaban J connectivity index is 2.12. The normalized spacial score (nSPS) is 31.7. The zero-order valence-corrected chi connectivity index (χ0v) is 11.8. The second-order valence-electron chi connectivity index (χ2n) is 5.57. The Morgan fingerprint density at radius 1 is 1.45 bits per heavy atom. The van der Waals surface area contributed by atoms with Crippen LogP contribution in [0.15, 0.2) is 30.5 Å². The van der Waals surface area contributed by atoms with E-state index in [9.17, 15) is 25.4 Å². The Labute approximate surface area is 125 Å². The van der Waals surface area contributed by atoms with Crippen molar-refractivity contribution in [3.8, 4) is 0 Å². The zero-order chi connectivity index (χ0) is 16.1. The standard InChI is InChI=1S/C14H16N2O6/c1-14(19)12(18)11(7-17)22-13(14)15-6-5-8-9(15)3-2-4-10(8)16(20)21/h2-6,11-13,17-19H,7H2,1H3/t11-,12-,13?,14-/m1/s1. The summed E-state index contributed by atoms with van der Waals surface area (Å²) in [7, 11) is 0. The minimum absolute atomic E-state index is 0.0480. The van der Waals surface area contributed by atoms with Crippen LogP contribution in [0.1, 0.15) is 13.2 Å². The van der Waals surface area contributed by atoms with Crippen LogP contribution in [0.4, 0.5) is 5.69 Å². The molecule has 2 aromatic rings. The molecule has 8 heteroatoms. The third-order valence-corrected chi connectivity index (χ3v) is 4.12. The van der Waals surface area contributed by atoms with Gasteiger partial charge in [0.2, 0.25) is 0 Å². The van der Waals surface area contributed by atoms with Crippen molar-refractivity contribution >= 4 is 16.6 Å². The van der Waals surface area contributed by atoms with Gasteiger partial charge in [-0.25, -0.2) is 0 Å². The lowest BCUT2D eigenvalue weighted by molar-refractivity contribution is -0.383. The van der Waals surface area contributed by atoms with E-state index < -0.39 is 35.6 Å². The van der Waals surface area contributed by atoms with Gasteiger partial charge in [-0.15, -0.1) is 0 Å². The first-order chi connectivity index (χ1) is 10.4. The van der Waals surface area contributed by atoms with Gasteiger partial charge in [0, 0.05) is 12.3 Å². The van der Waals surface area contributed by atoms with Gasteiger partial charge >= 0.3 is 0 Å². The van der Waals surface area contributed by atoms with Crippen LogP contribution in [0.2, 0.25) is 0 Å². The van der Waals surface area contributed by atoms with Crippen LogP contribution in [-0.2, 0) is 4.74 Å². The van der Waals surface area contributed by atoms with Crippen molar-refractivity contribution in [3.05, 3.63) is 40.6 Å². The molecular weight excluding hydrogens is 292 g/mol. The molecule has 1 aliphatic rings. The Hall–Kier alpha value is -2.00. The maximum Gasteiger partial charge on any atom is 0.278 e. The number of aromatic nitrogens is 1. The quantitative estimate of drug-likeness (QED) is 0.563. The largest absolute Gasteiger partial charge is 0.394 e. The SMILES string of the molecule is C[C@]1(O)C(n2ccc3c([N+](=O)[O-])cccc32)O[C@H](CO)[C@H]1O. The lowest BCUT2D eigenvalue weighted by Crippen LogP contribution is -2.44. The van der Waals surface area contributed by atoms with Crippen LogP contribution in [0.25, 0.3) is 10.9 Å². The summed E-state index contributed by atoms with van der Waals surface area (Å²) >= 11 is 0. The number of benzene rings is 1. The number of nitro groups is 1. The second-order valence-corrected chi connectivity index (χ2v) is 5.57. The van der Waals surface area contributed by atoms with Crippen LogP contribution in [0.5, 0.6) is 0 Å². The molecule has 1 saturated heterocycles. The lowest BCUT2D eigenvalue weighted by Gasteiger charge is -2.28. The van der Waals surface area contributed by atoms with Crippen molar-refractivity contribution in [2.24, 2.45) is 0 Å². The number of fused-ring (bicyclic) bond motifs is 1. The Bertz CT molecular complexity index is 725. The molecule has 1 unspecified atom stereocenters. The van der Waals surface area contributed by atoms with E-state index in [4.69, 9.17) is 4.74 Å². The summed E-state index contributed by atoms with van der Waals surface area (Å²) in [5.41, 5.74) is -1.18. The molecule has 118 valence electrons. The highest BCUT2D eigenvalue weighted by molar-refractivity contribution is 5.89. The first-order valence-electron chi connectivity index (χ1n) is 6.78. The van der Waals surface area contributed by atoms with E-state index in [-0.39, 0.29) is 5.69 Å². The van der Waals surface area contributed by atoms with Gasteiger partial charge in [0.15, 0.2) is 6.23 Å². The number of nitrogens with zero attached hydrogens (tertiary/aromatic N) is 2. The Kier molecular flexibility index (Phi) is 3.41. The molecule has 3 rings (SSSR count). The number of nitro benzene ring substituents is 1. The molecule has 0 amide bonds. The Morgan fingerprint density at radius 3 is 2.77 bits per heavy atom. The number of hydrogen-bond donors (Lipinski definition) is 3. The van der Waals surface area contributed by atoms with Gasteiger partial charge in [0.25, 0.3) is 5.69 Å². The zero-order valence-electron chi connectivity index (χ0n) is 11.8. The molecule has 1 fully saturated rings. The molecule has 0 bridgehead atoms. The number of non-ortho nitro benzene ring substituents is 1. The van der Waals surface area contributed by atoms with Gasteiger partial charge in [-0.05, 0) is 19.1 Å². The van der Waals surface area contributed by atoms with Crippen LogP contribution >= 0.6 is 0 Å². The number of aliphatic hydroxyl groups is 3. The van der Waals surface area contributed by atoms with E-state index in [2.05, 4.69) is 0 Å². The van der Waals surface area contributed by atoms with Gasteiger partial charge in [0.1, 0.15) is 17.8 Å². The third-order valence-electron chi connectivity index (χ3n) is 4.12. The Morgan fingerprint density at radius 2 is 2.18 bits per heavy atom. The van der Waals surface area contributed by atoms with E-state index in [0.29, 0.717) is 10.9 Å². The molecular formula is C14H16N2O6. The summed E-state index contributed by atoms with van der Waals surface area (Å²) in [4.78, 5) is 10.6. The summed E-state index contributed by atoms with van der Waals surface area (Å²) in [6.07, 6.45) is -1.59. The van der Waals surface area contributed by atoms with E-state index in [0.717, 1.165) is 0 Å². The first kappa shape index (κ1) is 14.9. The molecule has 2 heterocycles. The molecule has 22 heavy (non-hydrogen) atoms. The summed E-state index contributed by atoms with van der Waals surface area (Å²) in [5, 5.41) is 41.2. The monoisotopic (exact) mass is 308 g/mol. The predicted molar refractivity (Wildman–Crippen MR) is 76.2 cm³/mol. The number of aliphatic hydroxyl groups excluding tert-OH is 2.